The molecule has 0 fully saturated rings. The van der Waals surface area contributed by atoms with E-state index in [1.54, 1.807) is 0 Å². The van der Waals surface area contributed by atoms with Crippen LogP contribution in [0.5, 0.6) is 0 Å². The fourth-order valence-electron chi connectivity index (χ4n) is 1.30. The molecule has 0 amide bonds. The first-order valence-corrected chi connectivity index (χ1v) is 5.28. The maximum Gasteiger partial charge on any atom is 0 e. The van der Waals surface area contributed by atoms with Crippen LogP contribution < -0.4 is 0 Å². The van der Waals surface area contributed by atoms with Gasteiger partial charge in [-0.15, -0.1) is 0 Å². The Labute approximate surface area is 103 Å². The van der Waals surface area contributed by atoms with E-state index in [1.165, 1.54) is 11.1 Å². The molecule has 0 N–H and O–H groups in total. The van der Waals surface area contributed by atoms with Gasteiger partial charge in [0.25, 0.3) is 0 Å². The third-order valence-corrected chi connectivity index (χ3v) is 2.28. The normalized spacial score (nSPS) is 8.67. The van der Waals surface area contributed by atoms with Gasteiger partial charge in [0, 0.05) is 16.8 Å². The Kier molecular flexibility index (Phi) is 8.06. The van der Waals surface area contributed by atoms with Crippen LogP contribution in [0.4, 0.5) is 0 Å². The third kappa shape index (κ3) is 5.60. The summed E-state index contributed by atoms with van der Waals surface area (Å²) in [4.78, 5) is 0. The summed E-state index contributed by atoms with van der Waals surface area (Å²) in [5.41, 5.74) is 2.86. The van der Waals surface area contributed by atoms with Gasteiger partial charge in [0.15, 0.2) is 0 Å². The predicted molar refractivity (Wildman–Crippen MR) is 62.8 cm³/mol. The van der Waals surface area contributed by atoms with Crippen LogP contribution in [0.3, 0.4) is 0 Å². The standard InChI is InChI=1S/2C7H9.Co/c2*1-2-7-5-3-4-6-7;/h2*3-6H,2H2,1H3;/q-5;-1;. The molecule has 0 saturated carbocycles. The molecule has 0 unspecified atom stereocenters. The van der Waals surface area contributed by atoms with Gasteiger partial charge in [-0.3, -0.25) is 0 Å². The molecule has 0 aliphatic rings. The quantitative estimate of drug-likeness (QED) is 0.703. The molecule has 0 spiro atoms. The van der Waals surface area contributed by atoms with Crippen molar-refractivity contribution in [3.63, 3.8) is 0 Å². The second kappa shape index (κ2) is 8.51. The van der Waals surface area contributed by atoms with Gasteiger partial charge in [-0.25, -0.2) is 18.6 Å². The molecule has 2 aromatic carbocycles. The van der Waals surface area contributed by atoms with Crippen molar-refractivity contribution in [3.8, 4) is 0 Å². The van der Waals surface area contributed by atoms with Crippen LogP contribution in [0, 0.1) is 0 Å². The Hall–Kier alpha value is -0.794. The average molecular weight is 245 g/mol. The van der Waals surface area contributed by atoms with Gasteiger partial charge < -0.3 is 29.8 Å². The second-order valence-electron chi connectivity index (χ2n) is 3.29. The van der Waals surface area contributed by atoms with Crippen molar-refractivity contribution in [2.24, 2.45) is 0 Å². The molecular weight excluding hydrogens is 227 g/mol. The number of hydrogen-bond donors (Lipinski definition) is 0. The maximum atomic E-state index is 2.16. The molecular formula is C14H18Co-6. The summed E-state index contributed by atoms with van der Waals surface area (Å²) >= 11 is 0. The molecule has 0 bridgehead atoms. The summed E-state index contributed by atoms with van der Waals surface area (Å²) in [5.74, 6) is 0. The zero-order chi connectivity index (χ0) is 10.2. The molecule has 2 aromatic rings. The topological polar surface area (TPSA) is 0 Å². The minimum Gasteiger partial charge on any atom is -0.748 e. The monoisotopic (exact) mass is 245 g/mol. The van der Waals surface area contributed by atoms with Crippen molar-refractivity contribution in [1.82, 2.24) is 0 Å². The SMILES string of the molecule is CC[c-]1[cH-][cH-][cH-][cH-]1.CC[c-]1cccc1.[Co]. The van der Waals surface area contributed by atoms with Crippen molar-refractivity contribution < 1.29 is 16.8 Å². The van der Waals surface area contributed by atoms with Crippen molar-refractivity contribution in [2.75, 3.05) is 0 Å². The molecule has 0 saturated heterocycles. The van der Waals surface area contributed by atoms with Crippen molar-refractivity contribution in [1.29, 1.82) is 0 Å². The Morgan fingerprint density at radius 1 is 0.933 bits per heavy atom. The molecule has 0 aliphatic carbocycles. The first-order valence-electron chi connectivity index (χ1n) is 5.28. The van der Waals surface area contributed by atoms with Crippen LogP contribution in [0.2, 0.25) is 0 Å². The molecule has 0 heterocycles. The number of hydrogen-bond acceptors (Lipinski definition) is 0. The van der Waals surface area contributed by atoms with Gasteiger partial charge in [-0.2, -0.15) is 17.7 Å². The van der Waals surface area contributed by atoms with E-state index >= 15 is 0 Å². The van der Waals surface area contributed by atoms with Crippen LogP contribution in [0.1, 0.15) is 25.0 Å². The van der Waals surface area contributed by atoms with E-state index in [9.17, 15) is 0 Å². The summed E-state index contributed by atoms with van der Waals surface area (Å²) in [5, 5.41) is 0. The van der Waals surface area contributed by atoms with Crippen molar-refractivity contribution >= 4 is 0 Å². The van der Waals surface area contributed by atoms with E-state index < -0.39 is 0 Å². The largest absolute Gasteiger partial charge is 0.748 e. The van der Waals surface area contributed by atoms with E-state index in [0.29, 0.717) is 0 Å². The summed E-state index contributed by atoms with van der Waals surface area (Å²) < 4.78 is 0. The van der Waals surface area contributed by atoms with Gasteiger partial charge >= 0.3 is 0 Å². The summed E-state index contributed by atoms with van der Waals surface area (Å²) in [6.07, 6.45) is 2.32. The Morgan fingerprint density at radius 3 is 1.73 bits per heavy atom. The molecule has 2 rings (SSSR count). The molecule has 0 atom stereocenters. The zero-order valence-electron chi connectivity index (χ0n) is 9.37. The fourth-order valence-corrected chi connectivity index (χ4v) is 1.30. The molecule has 1 radical (unpaired) electrons. The fraction of sp³-hybridized carbons (Fsp3) is 0.286. The molecule has 0 aliphatic heterocycles. The summed E-state index contributed by atoms with van der Waals surface area (Å²) in [6, 6.07) is 16.8. The molecule has 1 heteroatoms. The van der Waals surface area contributed by atoms with Gasteiger partial charge in [0.1, 0.15) is 0 Å². The van der Waals surface area contributed by atoms with Crippen LogP contribution in [-0.4, -0.2) is 0 Å². The van der Waals surface area contributed by atoms with E-state index in [1.807, 2.05) is 0 Å². The molecule has 0 aromatic heterocycles. The number of rotatable bonds is 2. The van der Waals surface area contributed by atoms with Crippen LogP contribution >= 0.6 is 0 Å². The first kappa shape index (κ1) is 14.2. The summed E-state index contributed by atoms with van der Waals surface area (Å²) in [7, 11) is 0. The zero-order valence-corrected chi connectivity index (χ0v) is 10.4. The smallest absolute Gasteiger partial charge is 0 e. The third-order valence-electron chi connectivity index (χ3n) is 2.28. The van der Waals surface area contributed by atoms with Gasteiger partial charge in [-0.1, -0.05) is 20.3 Å². The van der Waals surface area contributed by atoms with E-state index in [-0.39, 0.29) is 16.8 Å². The Morgan fingerprint density at radius 2 is 1.47 bits per heavy atom. The predicted octanol–water partition coefficient (Wildman–Crippen LogP) is 3.93. The van der Waals surface area contributed by atoms with Crippen molar-refractivity contribution in [2.45, 2.75) is 26.7 Å². The molecule has 15 heavy (non-hydrogen) atoms. The number of aryl methyl sites for hydroxylation is 2. The van der Waals surface area contributed by atoms with Crippen LogP contribution in [0.15, 0.2) is 48.5 Å². The minimum absolute atomic E-state index is 0. The maximum absolute atomic E-state index is 2.16. The Bertz CT molecular complexity index is 269. The minimum atomic E-state index is 0. The van der Waals surface area contributed by atoms with E-state index in [0.717, 1.165) is 12.8 Å². The van der Waals surface area contributed by atoms with Crippen LogP contribution in [0.25, 0.3) is 0 Å². The first-order chi connectivity index (χ1) is 6.86. The average Bonchev–Trinajstić information content (AvgIpc) is 2.92. The van der Waals surface area contributed by atoms with Gasteiger partial charge in [-0.05, 0) is 0 Å². The summed E-state index contributed by atoms with van der Waals surface area (Å²) in [6.45, 7) is 4.32. The molecule has 89 valence electrons. The Balaban J connectivity index is 0.000000245. The van der Waals surface area contributed by atoms with Crippen LogP contribution in [-0.2, 0) is 29.6 Å². The second-order valence-corrected chi connectivity index (χ2v) is 3.29. The van der Waals surface area contributed by atoms with E-state index in [2.05, 4.69) is 62.4 Å². The van der Waals surface area contributed by atoms with Crippen molar-refractivity contribution in [3.05, 3.63) is 59.7 Å². The van der Waals surface area contributed by atoms with Gasteiger partial charge in [0.05, 0.1) is 0 Å². The molecule has 0 nitrogen and oxygen atoms in total. The van der Waals surface area contributed by atoms with E-state index in [4.69, 9.17) is 0 Å². The van der Waals surface area contributed by atoms with Gasteiger partial charge in [0.2, 0.25) is 0 Å².